The first-order valence-electron chi connectivity index (χ1n) is 14.3. The van der Waals surface area contributed by atoms with Gasteiger partial charge in [-0.1, -0.05) is 24.3 Å². The van der Waals surface area contributed by atoms with Gasteiger partial charge >= 0.3 is 6.09 Å². The van der Waals surface area contributed by atoms with Crippen LogP contribution in [-0.2, 0) is 29.0 Å². The van der Waals surface area contributed by atoms with Gasteiger partial charge in [0, 0.05) is 42.9 Å². The maximum Gasteiger partial charge on any atom is 0.408 e. The number of alkyl carbamates (subject to hydrolysis) is 1. The summed E-state index contributed by atoms with van der Waals surface area (Å²) in [4.78, 5) is 43.6. The Bertz CT molecular complexity index is 1720. The van der Waals surface area contributed by atoms with Crippen molar-refractivity contribution in [3.05, 3.63) is 106 Å². The van der Waals surface area contributed by atoms with Crippen molar-refractivity contribution in [1.29, 1.82) is 0 Å². The largest absolute Gasteiger partial charge is 0.444 e. The Morgan fingerprint density at radius 3 is 2.38 bits per heavy atom. The molecule has 1 aliphatic rings. The van der Waals surface area contributed by atoms with Crippen molar-refractivity contribution in [3.8, 4) is 11.3 Å². The number of hydrogen-bond acceptors (Lipinski definition) is 7. The zero-order valence-electron chi connectivity index (χ0n) is 24.9. The van der Waals surface area contributed by atoms with Gasteiger partial charge in [-0.25, -0.2) is 18.6 Å². The molecule has 2 N–H and O–H groups in total. The molecule has 0 unspecified atom stereocenters. The highest BCUT2D eigenvalue weighted by atomic mass is 19.1. The highest BCUT2D eigenvalue weighted by Gasteiger charge is 2.33. The lowest BCUT2D eigenvalue weighted by Gasteiger charge is -2.32. The predicted octanol–water partition coefficient (Wildman–Crippen LogP) is 5.96. The molecule has 1 atom stereocenters. The molecule has 0 fully saturated rings. The second-order valence-corrected chi connectivity index (χ2v) is 11.6. The molecule has 0 spiro atoms. The van der Waals surface area contributed by atoms with Crippen LogP contribution >= 0.6 is 0 Å². The van der Waals surface area contributed by atoms with Crippen LogP contribution in [0.1, 0.15) is 32.2 Å². The number of imidazole rings is 1. The van der Waals surface area contributed by atoms with E-state index in [1.54, 1.807) is 49.9 Å². The van der Waals surface area contributed by atoms with Crippen molar-refractivity contribution in [1.82, 2.24) is 19.8 Å². The number of non-ortho nitro benzene ring substituents is 1. The van der Waals surface area contributed by atoms with Crippen LogP contribution in [0.25, 0.3) is 11.3 Å². The molecule has 5 rings (SSSR count). The number of benzene rings is 3. The van der Waals surface area contributed by atoms with Gasteiger partial charge in [0.2, 0.25) is 5.91 Å². The lowest BCUT2D eigenvalue weighted by atomic mass is 10.0. The van der Waals surface area contributed by atoms with E-state index in [1.807, 2.05) is 4.57 Å². The Kier molecular flexibility index (Phi) is 8.80. The minimum atomic E-state index is -1.04. The topological polar surface area (TPSA) is 132 Å². The van der Waals surface area contributed by atoms with Crippen molar-refractivity contribution >= 4 is 29.2 Å². The number of carbonyl (C=O) groups is 2. The Balaban J connectivity index is 1.44. The maximum absolute atomic E-state index is 14.2. The number of anilines is 2. The average molecular weight is 619 g/mol. The van der Waals surface area contributed by atoms with Gasteiger partial charge < -0.3 is 24.8 Å². The molecule has 0 bridgehead atoms. The Labute approximate surface area is 258 Å². The number of nitro groups is 1. The maximum atomic E-state index is 14.2. The number of carbonyl (C=O) groups excluding carboxylic acids is 2. The van der Waals surface area contributed by atoms with Crippen molar-refractivity contribution in [2.75, 3.05) is 11.9 Å². The summed E-state index contributed by atoms with van der Waals surface area (Å²) < 4.78 is 35.1. The quantitative estimate of drug-likeness (QED) is 0.184. The summed E-state index contributed by atoms with van der Waals surface area (Å²) in [6, 6.07) is 16.5. The minimum Gasteiger partial charge on any atom is -0.444 e. The second-order valence-electron chi connectivity index (χ2n) is 11.6. The first-order chi connectivity index (χ1) is 21.4. The number of nitro benzene ring substituents is 1. The zero-order valence-corrected chi connectivity index (χ0v) is 24.9. The van der Waals surface area contributed by atoms with E-state index in [-0.39, 0.29) is 25.2 Å². The van der Waals surface area contributed by atoms with Crippen molar-refractivity contribution in [3.63, 3.8) is 0 Å². The van der Waals surface area contributed by atoms with Gasteiger partial charge in [0.25, 0.3) is 5.69 Å². The fraction of sp³-hybridized carbons (Fsp3) is 0.281. The minimum absolute atomic E-state index is 0.0624. The molecule has 0 saturated carbocycles. The van der Waals surface area contributed by atoms with Gasteiger partial charge in [-0.05, 0) is 62.7 Å². The fourth-order valence-electron chi connectivity index (χ4n) is 5.01. The smallest absolute Gasteiger partial charge is 0.408 e. The predicted molar refractivity (Wildman–Crippen MR) is 163 cm³/mol. The molecule has 0 saturated heterocycles. The number of hydrogen-bond donors (Lipinski definition) is 2. The van der Waals surface area contributed by atoms with E-state index in [0.717, 1.165) is 0 Å². The van der Waals surface area contributed by atoms with Crippen LogP contribution in [0.3, 0.4) is 0 Å². The zero-order chi connectivity index (χ0) is 32.3. The van der Waals surface area contributed by atoms with Gasteiger partial charge in [0.1, 0.15) is 40.6 Å². The van der Waals surface area contributed by atoms with Crippen LogP contribution < -0.4 is 10.6 Å². The molecular formula is C32H32F2N6O5. The molecule has 3 aromatic carbocycles. The van der Waals surface area contributed by atoms with Crippen LogP contribution in [-0.4, -0.2) is 49.6 Å². The van der Waals surface area contributed by atoms with E-state index in [1.165, 1.54) is 48.5 Å². The van der Waals surface area contributed by atoms with E-state index >= 15 is 0 Å². The summed E-state index contributed by atoms with van der Waals surface area (Å²) in [6.45, 7) is 5.78. The Hall–Kier alpha value is -5.33. The number of rotatable bonds is 8. The van der Waals surface area contributed by atoms with Gasteiger partial charge in [-0.2, -0.15) is 0 Å². The first-order valence-corrected chi connectivity index (χ1v) is 14.3. The van der Waals surface area contributed by atoms with Gasteiger partial charge in [0.05, 0.1) is 11.5 Å². The third-order valence-corrected chi connectivity index (χ3v) is 7.07. The molecule has 2 amide bonds. The number of halogens is 2. The molecule has 1 aliphatic heterocycles. The van der Waals surface area contributed by atoms with E-state index in [2.05, 4.69) is 10.6 Å². The van der Waals surface area contributed by atoms with Crippen molar-refractivity contribution < 1.29 is 28.0 Å². The molecule has 1 aromatic heterocycles. The summed E-state index contributed by atoms with van der Waals surface area (Å²) in [5.41, 5.74) is 1.28. The van der Waals surface area contributed by atoms with Crippen molar-refractivity contribution in [2.45, 2.75) is 51.9 Å². The molecule has 0 aliphatic carbocycles. The number of nitrogens with zero attached hydrogens (tertiary/aromatic N) is 4. The summed E-state index contributed by atoms with van der Waals surface area (Å²) in [5.74, 6) is -0.147. The molecule has 13 heteroatoms. The highest BCUT2D eigenvalue weighted by molar-refractivity contribution is 5.86. The number of fused-ring (bicyclic) bond motifs is 1. The SMILES string of the molecule is CC(C)(C)OC(=O)N[C@@H](Cc1ccc([N+](=O)[O-])cc1)C(=O)N1CCn2c(nc(-c3cccc(F)c3)c2Nc2ccc(F)cc2)C1. The summed E-state index contributed by atoms with van der Waals surface area (Å²) in [6.07, 6.45) is -0.715. The summed E-state index contributed by atoms with van der Waals surface area (Å²) in [7, 11) is 0. The highest BCUT2D eigenvalue weighted by Crippen LogP contribution is 2.34. The van der Waals surface area contributed by atoms with Gasteiger partial charge in [0.15, 0.2) is 0 Å². The monoisotopic (exact) mass is 618 g/mol. The molecule has 0 radical (unpaired) electrons. The lowest BCUT2D eigenvalue weighted by molar-refractivity contribution is -0.384. The van der Waals surface area contributed by atoms with Crippen LogP contribution in [0, 0.1) is 21.7 Å². The van der Waals surface area contributed by atoms with E-state index in [0.29, 0.717) is 40.7 Å². The summed E-state index contributed by atoms with van der Waals surface area (Å²) in [5, 5.41) is 17.0. The standard InChI is InChI=1S/C32H32F2N6O5/c1-32(2,3)45-31(42)36-26(17-20-7-13-25(14-8-20)40(43)44)30(41)38-15-16-39-27(19-38)37-28(21-5-4-6-23(34)18-21)29(39)35-24-11-9-22(33)10-12-24/h4-14,18,26,35H,15-17,19H2,1-3H3,(H,36,42)/t26-/m0/s1. The molecule has 234 valence electrons. The Morgan fingerprint density at radius 2 is 1.73 bits per heavy atom. The van der Waals surface area contributed by atoms with Crippen LogP contribution in [0.2, 0.25) is 0 Å². The van der Waals surface area contributed by atoms with E-state index < -0.39 is 40.2 Å². The van der Waals surface area contributed by atoms with E-state index in [9.17, 15) is 28.5 Å². The number of aromatic nitrogens is 2. The number of ether oxygens (including phenoxy) is 1. The third-order valence-electron chi connectivity index (χ3n) is 7.07. The molecule has 4 aromatic rings. The van der Waals surface area contributed by atoms with Crippen molar-refractivity contribution in [2.24, 2.45) is 0 Å². The van der Waals surface area contributed by atoms with Gasteiger partial charge in [-0.3, -0.25) is 14.9 Å². The second kappa shape index (κ2) is 12.7. The fourth-order valence-corrected chi connectivity index (χ4v) is 5.01. The molecule has 2 heterocycles. The average Bonchev–Trinajstić information content (AvgIpc) is 3.34. The summed E-state index contributed by atoms with van der Waals surface area (Å²) >= 11 is 0. The first kappa shape index (κ1) is 31.1. The molecule has 45 heavy (non-hydrogen) atoms. The number of nitrogens with one attached hydrogen (secondary N) is 2. The van der Waals surface area contributed by atoms with E-state index in [4.69, 9.17) is 9.72 Å². The van der Waals surface area contributed by atoms with Crippen LogP contribution in [0.15, 0.2) is 72.8 Å². The third kappa shape index (κ3) is 7.61. The normalized spacial score (nSPS) is 13.5. The van der Waals surface area contributed by atoms with Crippen LogP contribution in [0.4, 0.5) is 30.8 Å². The van der Waals surface area contributed by atoms with Crippen LogP contribution in [0.5, 0.6) is 0 Å². The molecule has 11 nitrogen and oxygen atoms in total. The Morgan fingerprint density at radius 1 is 1.02 bits per heavy atom. The number of amides is 2. The van der Waals surface area contributed by atoms with Gasteiger partial charge in [-0.15, -0.1) is 0 Å². The lowest BCUT2D eigenvalue weighted by Crippen LogP contribution is -2.52. The molecular weight excluding hydrogens is 586 g/mol.